The zero-order valence-electron chi connectivity index (χ0n) is 10.9. The van der Waals surface area contributed by atoms with Crippen LogP contribution in [0.4, 0.5) is 5.69 Å². The number of nitrogens with one attached hydrogen (secondary N) is 1. The first-order valence-corrected chi connectivity index (χ1v) is 6.48. The van der Waals surface area contributed by atoms with Gasteiger partial charge in [0.05, 0.1) is 0 Å². The predicted molar refractivity (Wildman–Crippen MR) is 71.3 cm³/mol. The molecule has 0 radical (unpaired) electrons. The third kappa shape index (κ3) is 2.58. The molecule has 0 aromatic heterocycles. The lowest BCUT2D eigenvalue weighted by Crippen LogP contribution is -2.06. The number of rotatable bonds is 4. The van der Waals surface area contributed by atoms with Gasteiger partial charge in [0.1, 0.15) is 0 Å². The Morgan fingerprint density at radius 1 is 1.06 bits per heavy atom. The molecule has 1 N–H and O–H groups in total. The Hall–Kier alpha value is -0.980. The molecule has 0 aliphatic heterocycles. The van der Waals surface area contributed by atoms with Crippen molar-refractivity contribution in [2.75, 3.05) is 5.32 Å². The van der Waals surface area contributed by atoms with Crippen LogP contribution in [0.1, 0.15) is 63.5 Å². The molecule has 2 rings (SSSR count). The first-order valence-electron chi connectivity index (χ1n) is 6.48. The van der Waals surface area contributed by atoms with Crippen LogP contribution in [0, 0.1) is 0 Å². The van der Waals surface area contributed by atoms with Crippen molar-refractivity contribution >= 4 is 5.69 Å². The molecule has 0 spiro atoms. The molecule has 1 heteroatoms. The molecular formula is C15H23N. The lowest BCUT2D eigenvalue weighted by molar-refractivity contribution is 0.833. The summed E-state index contributed by atoms with van der Waals surface area (Å²) in [6.45, 7) is 9.07. The first-order chi connectivity index (χ1) is 7.58. The van der Waals surface area contributed by atoms with Crippen molar-refractivity contribution in [1.29, 1.82) is 0 Å². The summed E-state index contributed by atoms with van der Waals surface area (Å²) in [4.78, 5) is 0. The van der Waals surface area contributed by atoms with E-state index >= 15 is 0 Å². The number of benzene rings is 1. The molecule has 1 aromatic rings. The fourth-order valence-corrected chi connectivity index (χ4v) is 2.00. The Kier molecular flexibility index (Phi) is 3.22. The van der Waals surface area contributed by atoms with E-state index in [-0.39, 0.29) is 0 Å². The van der Waals surface area contributed by atoms with Crippen molar-refractivity contribution < 1.29 is 0 Å². The molecule has 1 aromatic carbocycles. The number of hydrogen-bond donors (Lipinski definition) is 1. The standard InChI is InChI=1S/C15H23N/c1-10(2)12-5-8-15(16-13-6-7-13)14(9-12)11(3)4/h5,8-11,13,16H,6-7H2,1-4H3. The van der Waals surface area contributed by atoms with Gasteiger partial charge < -0.3 is 5.32 Å². The van der Waals surface area contributed by atoms with Crippen molar-refractivity contribution in [1.82, 2.24) is 0 Å². The van der Waals surface area contributed by atoms with Crippen LogP contribution in [0.15, 0.2) is 18.2 Å². The Labute approximate surface area is 99.3 Å². The van der Waals surface area contributed by atoms with Crippen molar-refractivity contribution in [3.05, 3.63) is 29.3 Å². The van der Waals surface area contributed by atoms with Gasteiger partial charge in [-0.3, -0.25) is 0 Å². The fourth-order valence-electron chi connectivity index (χ4n) is 2.00. The van der Waals surface area contributed by atoms with Gasteiger partial charge in [-0.15, -0.1) is 0 Å². The number of anilines is 1. The molecule has 1 aliphatic rings. The van der Waals surface area contributed by atoms with E-state index in [0.29, 0.717) is 11.8 Å². The van der Waals surface area contributed by atoms with E-state index in [0.717, 1.165) is 6.04 Å². The van der Waals surface area contributed by atoms with Gasteiger partial charge in [0, 0.05) is 11.7 Å². The van der Waals surface area contributed by atoms with Gasteiger partial charge in [0.25, 0.3) is 0 Å². The minimum atomic E-state index is 0.597. The average Bonchev–Trinajstić information content (AvgIpc) is 3.01. The van der Waals surface area contributed by atoms with Crippen molar-refractivity contribution in [3.8, 4) is 0 Å². The molecule has 88 valence electrons. The maximum absolute atomic E-state index is 3.63. The highest BCUT2D eigenvalue weighted by molar-refractivity contribution is 5.55. The molecule has 0 amide bonds. The van der Waals surface area contributed by atoms with Crippen LogP contribution in [0.5, 0.6) is 0 Å². The van der Waals surface area contributed by atoms with Crippen LogP contribution in [-0.4, -0.2) is 6.04 Å². The minimum Gasteiger partial charge on any atom is -0.382 e. The molecule has 1 nitrogen and oxygen atoms in total. The summed E-state index contributed by atoms with van der Waals surface area (Å²) in [6.07, 6.45) is 2.67. The summed E-state index contributed by atoms with van der Waals surface area (Å²) in [7, 11) is 0. The van der Waals surface area contributed by atoms with Gasteiger partial charge >= 0.3 is 0 Å². The second kappa shape index (κ2) is 4.48. The summed E-state index contributed by atoms with van der Waals surface area (Å²) in [5, 5.41) is 3.63. The highest BCUT2D eigenvalue weighted by Crippen LogP contribution is 2.32. The smallest absolute Gasteiger partial charge is 0.0377 e. The highest BCUT2D eigenvalue weighted by atomic mass is 15.0. The topological polar surface area (TPSA) is 12.0 Å². The van der Waals surface area contributed by atoms with Crippen molar-refractivity contribution in [2.24, 2.45) is 0 Å². The maximum Gasteiger partial charge on any atom is 0.0377 e. The monoisotopic (exact) mass is 217 g/mol. The SMILES string of the molecule is CC(C)c1ccc(NC2CC2)c(C(C)C)c1. The normalized spacial score (nSPS) is 15.9. The van der Waals surface area contributed by atoms with Gasteiger partial charge in [0.2, 0.25) is 0 Å². The quantitative estimate of drug-likeness (QED) is 0.782. The van der Waals surface area contributed by atoms with E-state index in [2.05, 4.69) is 51.2 Å². The third-order valence-electron chi connectivity index (χ3n) is 3.30. The predicted octanol–water partition coefficient (Wildman–Crippen LogP) is 4.51. The van der Waals surface area contributed by atoms with E-state index in [9.17, 15) is 0 Å². The molecule has 1 aliphatic carbocycles. The summed E-state index contributed by atoms with van der Waals surface area (Å²) in [5.74, 6) is 1.22. The van der Waals surface area contributed by atoms with Gasteiger partial charge in [-0.25, -0.2) is 0 Å². The highest BCUT2D eigenvalue weighted by Gasteiger charge is 2.22. The zero-order valence-corrected chi connectivity index (χ0v) is 10.9. The van der Waals surface area contributed by atoms with E-state index in [4.69, 9.17) is 0 Å². The summed E-state index contributed by atoms with van der Waals surface area (Å²) in [6, 6.07) is 7.65. The van der Waals surface area contributed by atoms with Crippen LogP contribution < -0.4 is 5.32 Å². The third-order valence-corrected chi connectivity index (χ3v) is 3.30. The molecular weight excluding hydrogens is 194 g/mol. The van der Waals surface area contributed by atoms with Crippen LogP contribution >= 0.6 is 0 Å². The summed E-state index contributed by atoms with van der Waals surface area (Å²) < 4.78 is 0. The Balaban J connectivity index is 2.28. The minimum absolute atomic E-state index is 0.597. The van der Waals surface area contributed by atoms with Crippen LogP contribution in [0.25, 0.3) is 0 Å². The Bertz CT molecular complexity index is 362. The molecule has 0 unspecified atom stereocenters. The zero-order chi connectivity index (χ0) is 11.7. The number of hydrogen-bond acceptors (Lipinski definition) is 1. The van der Waals surface area contributed by atoms with Gasteiger partial charge in [-0.1, -0.05) is 39.8 Å². The molecule has 0 saturated heterocycles. The van der Waals surface area contributed by atoms with Gasteiger partial charge in [-0.05, 0) is 41.9 Å². The lowest BCUT2D eigenvalue weighted by atomic mass is 9.94. The molecule has 1 fully saturated rings. The van der Waals surface area contributed by atoms with E-state index in [1.807, 2.05) is 0 Å². The van der Waals surface area contributed by atoms with Crippen LogP contribution in [0.2, 0.25) is 0 Å². The van der Waals surface area contributed by atoms with Gasteiger partial charge in [0.15, 0.2) is 0 Å². The van der Waals surface area contributed by atoms with Crippen molar-refractivity contribution in [2.45, 2.75) is 58.4 Å². The molecule has 0 atom stereocenters. The molecule has 16 heavy (non-hydrogen) atoms. The van der Waals surface area contributed by atoms with Crippen LogP contribution in [0.3, 0.4) is 0 Å². The second-order valence-electron chi connectivity index (χ2n) is 5.57. The first kappa shape index (κ1) is 11.5. The second-order valence-corrected chi connectivity index (χ2v) is 5.57. The van der Waals surface area contributed by atoms with Crippen LogP contribution in [-0.2, 0) is 0 Å². The van der Waals surface area contributed by atoms with Gasteiger partial charge in [-0.2, -0.15) is 0 Å². The summed E-state index contributed by atoms with van der Waals surface area (Å²) in [5.41, 5.74) is 4.27. The van der Waals surface area contributed by atoms with Crippen molar-refractivity contribution in [3.63, 3.8) is 0 Å². The molecule has 0 bridgehead atoms. The maximum atomic E-state index is 3.63. The largest absolute Gasteiger partial charge is 0.382 e. The summed E-state index contributed by atoms with van der Waals surface area (Å²) >= 11 is 0. The fraction of sp³-hybridized carbons (Fsp3) is 0.600. The Morgan fingerprint density at radius 3 is 2.25 bits per heavy atom. The van der Waals surface area contributed by atoms with E-state index < -0.39 is 0 Å². The average molecular weight is 217 g/mol. The Morgan fingerprint density at radius 2 is 1.75 bits per heavy atom. The lowest BCUT2D eigenvalue weighted by Gasteiger charge is -2.17. The molecule has 1 saturated carbocycles. The van der Waals surface area contributed by atoms with E-state index in [1.165, 1.54) is 29.7 Å². The molecule has 0 heterocycles. The van der Waals surface area contributed by atoms with E-state index in [1.54, 1.807) is 0 Å².